The molecule has 0 bridgehead atoms. The number of nitrogens with one attached hydrogen (secondary N) is 2. The van der Waals surface area contributed by atoms with Gasteiger partial charge < -0.3 is 10.6 Å². The molecule has 0 unspecified atom stereocenters. The summed E-state index contributed by atoms with van der Waals surface area (Å²) in [6.45, 7) is 3.37. The first-order chi connectivity index (χ1) is 6.34. The molecule has 0 spiro atoms. The molecule has 0 heterocycles. The number of hydrogen-bond acceptors (Lipinski definition) is 2. The van der Waals surface area contributed by atoms with E-state index in [0.717, 1.165) is 6.54 Å². The molecule has 0 radical (unpaired) electrons. The van der Waals surface area contributed by atoms with Gasteiger partial charge in [0.15, 0.2) is 0 Å². The lowest BCUT2D eigenvalue weighted by Crippen LogP contribution is -2.33. The molecule has 0 fully saturated rings. The van der Waals surface area contributed by atoms with E-state index in [9.17, 15) is 4.79 Å². The molecular weight excluding hydrogens is 164 g/mol. The van der Waals surface area contributed by atoms with Gasteiger partial charge in [-0.15, -0.1) is 0 Å². The van der Waals surface area contributed by atoms with Crippen molar-refractivity contribution in [1.82, 2.24) is 10.6 Å². The fourth-order valence-electron chi connectivity index (χ4n) is 0.959. The Kier molecular flexibility index (Phi) is 3.99. The maximum Gasteiger partial charge on any atom is 0.252 e. The summed E-state index contributed by atoms with van der Waals surface area (Å²) >= 11 is 0. The van der Waals surface area contributed by atoms with Crippen LogP contribution >= 0.6 is 0 Å². The predicted octanol–water partition coefficient (Wildman–Crippen LogP) is 0.983. The highest BCUT2D eigenvalue weighted by Crippen LogP contribution is 1.96. The highest BCUT2D eigenvalue weighted by atomic mass is 16.1. The largest absolute Gasteiger partial charge is 0.339 e. The summed E-state index contributed by atoms with van der Waals surface area (Å²) in [5, 5.41) is 5.77. The zero-order chi connectivity index (χ0) is 9.52. The third-order valence-electron chi connectivity index (χ3n) is 1.66. The van der Waals surface area contributed by atoms with Gasteiger partial charge in [-0.25, -0.2) is 0 Å². The summed E-state index contributed by atoms with van der Waals surface area (Å²) in [7, 11) is 0. The third kappa shape index (κ3) is 3.25. The standard InChI is InChI=1S/C10H14N2O/c1-2-11-8-12-10(13)9-6-4-3-5-7-9/h3-7,11H,2,8H2,1H3,(H,12,13). The monoisotopic (exact) mass is 178 g/mol. The number of carbonyl (C=O) groups excluding carboxylic acids is 1. The molecule has 1 rings (SSSR count). The molecule has 0 aromatic heterocycles. The maximum atomic E-state index is 11.4. The molecule has 2 N–H and O–H groups in total. The normalized spacial score (nSPS) is 9.62. The van der Waals surface area contributed by atoms with Gasteiger partial charge in [-0.1, -0.05) is 25.1 Å². The Labute approximate surface area is 78.2 Å². The van der Waals surface area contributed by atoms with E-state index in [1.54, 1.807) is 12.1 Å². The second-order valence-electron chi connectivity index (χ2n) is 2.65. The number of carbonyl (C=O) groups is 1. The molecule has 0 aliphatic carbocycles. The molecule has 0 atom stereocenters. The van der Waals surface area contributed by atoms with Crippen LogP contribution in [0.5, 0.6) is 0 Å². The van der Waals surface area contributed by atoms with Crippen LogP contribution in [0.15, 0.2) is 30.3 Å². The van der Waals surface area contributed by atoms with Crippen LogP contribution < -0.4 is 10.6 Å². The van der Waals surface area contributed by atoms with Gasteiger partial charge in [-0.2, -0.15) is 0 Å². The van der Waals surface area contributed by atoms with Crippen LogP contribution in [0.3, 0.4) is 0 Å². The van der Waals surface area contributed by atoms with Gasteiger partial charge in [0.1, 0.15) is 0 Å². The van der Waals surface area contributed by atoms with E-state index in [4.69, 9.17) is 0 Å². The van der Waals surface area contributed by atoms with Crippen molar-refractivity contribution in [2.75, 3.05) is 13.2 Å². The van der Waals surface area contributed by atoms with Crippen molar-refractivity contribution >= 4 is 5.91 Å². The minimum Gasteiger partial charge on any atom is -0.339 e. The van der Waals surface area contributed by atoms with Crippen molar-refractivity contribution in [2.45, 2.75) is 6.92 Å². The summed E-state index contributed by atoms with van der Waals surface area (Å²) in [6, 6.07) is 9.17. The summed E-state index contributed by atoms with van der Waals surface area (Å²) in [6.07, 6.45) is 0. The van der Waals surface area contributed by atoms with Crippen molar-refractivity contribution in [1.29, 1.82) is 0 Å². The van der Waals surface area contributed by atoms with Gasteiger partial charge in [-0.05, 0) is 18.7 Å². The number of hydrogen-bond donors (Lipinski definition) is 2. The summed E-state index contributed by atoms with van der Waals surface area (Å²) in [5.74, 6) is -0.0402. The first-order valence-corrected chi connectivity index (χ1v) is 4.38. The summed E-state index contributed by atoms with van der Waals surface area (Å²) in [5.41, 5.74) is 0.695. The van der Waals surface area contributed by atoms with Gasteiger partial charge >= 0.3 is 0 Å². The van der Waals surface area contributed by atoms with Gasteiger partial charge in [-0.3, -0.25) is 4.79 Å². The Morgan fingerprint density at radius 1 is 1.31 bits per heavy atom. The Bertz CT molecular complexity index is 259. The molecule has 0 aliphatic rings. The molecule has 0 saturated carbocycles. The van der Waals surface area contributed by atoms with E-state index in [1.807, 2.05) is 25.1 Å². The molecule has 3 nitrogen and oxygen atoms in total. The average Bonchev–Trinajstić information content (AvgIpc) is 2.19. The maximum absolute atomic E-state index is 11.4. The van der Waals surface area contributed by atoms with Crippen LogP contribution in [0.1, 0.15) is 17.3 Å². The van der Waals surface area contributed by atoms with Gasteiger partial charge in [0.25, 0.3) is 5.91 Å². The zero-order valence-corrected chi connectivity index (χ0v) is 7.71. The number of rotatable bonds is 4. The van der Waals surface area contributed by atoms with Crippen LogP contribution in [-0.4, -0.2) is 19.1 Å². The smallest absolute Gasteiger partial charge is 0.252 e. The lowest BCUT2D eigenvalue weighted by Gasteiger charge is -2.04. The van der Waals surface area contributed by atoms with E-state index in [2.05, 4.69) is 10.6 Å². The number of amides is 1. The van der Waals surface area contributed by atoms with Gasteiger partial charge in [0.05, 0.1) is 6.67 Å². The van der Waals surface area contributed by atoms with E-state index in [-0.39, 0.29) is 5.91 Å². The first-order valence-electron chi connectivity index (χ1n) is 4.38. The average molecular weight is 178 g/mol. The van der Waals surface area contributed by atoms with E-state index >= 15 is 0 Å². The second-order valence-corrected chi connectivity index (χ2v) is 2.65. The SMILES string of the molecule is CCNCNC(=O)c1ccccc1. The van der Waals surface area contributed by atoms with Crippen molar-refractivity contribution in [3.8, 4) is 0 Å². The van der Waals surface area contributed by atoms with E-state index < -0.39 is 0 Å². The van der Waals surface area contributed by atoms with Crippen molar-refractivity contribution < 1.29 is 4.79 Å². The molecule has 1 amide bonds. The lowest BCUT2D eigenvalue weighted by atomic mass is 10.2. The third-order valence-corrected chi connectivity index (χ3v) is 1.66. The highest BCUT2D eigenvalue weighted by Gasteiger charge is 2.01. The van der Waals surface area contributed by atoms with Crippen molar-refractivity contribution in [2.24, 2.45) is 0 Å². The summed E-state index contributed by atoms with van der Waals surface area (Å²) in [4.78, 5) is 11.4. The van der Waals surface area contributed by atoms with E-state index in [0.29, 0.717) is 12.2 Å². The van der Waals surface area contributed by atoms with Crippen molar-refractivity contribution in [3.63, 3.8) is 0 Å². The van der Waals surface area contributed by atoms with Crippen LogP contribution in [-0.2, 0) is 0 Å². The minimum absolute atomic E-state index is 0.0402. The second kappa shape index (κ2) is 5.32. The van der Waals surface area contributed by atoms with E-state index in [1.165, 1.54) is 0 Å². The topological polar surface area (TPSA) is 41.1 Å². The van der Waals surface area contributed by atoms with Crippen LogP contribution in [0.4, 0.5) is 0 Å². The van der Waals surface area contributed by atoms with Gasteiger partial charge in [0.2, 0.25) is 0 Å². The molecular formula is C10H14N2O. The summed E-state index contributed by atoms with van der Waals surface area (Å²) < 4.78 is 0. The zero-order valence-electron chi connectivity index (χ0n) is 7.71. The molecule has 1 aromatic carbocycles. The Morgan fingerprint density at radius 3 is 2.62 bits per heavy atom. The first kappa shape index (κ1) is 9.74. The van der Waals surface area contributed by atoms with Crippen molar-refractivity contribution in [3.05, 3.63) is 35.9 Å². The molecule has 0 aliphatic heterocycles. The highest BCUT2D eigenvalue weighted by molar-refractivity contribution is 5.94. The Morgan fingerprint density at radius 2 is 2.00 bits per heavy atom. The fraction of sp³-hybridized carbons (Fsp3) is 0.300. The minimum atomic E-state index is -0.0402. The predicted molar refractivity (Wildman–Crippen MR) is 52.5 cm³/mol. The molecule has 1 aromatic rings. The molecule has 13 heavy (non-hydrogen) atoms. The van der Waals surface area contributed by atoms with Gasteiger partial charge in [0, 0.05) is 5.56 Å². The Balaban J connectivity index is 2.40. The molecule has 0 saturated heterocycles. The van der Waals surface area contributed by atoms with Crippen LogP contribution in [0.2, 0.25) is 0 Å². The molecule has 70 valence electrons. The fourth-order valence-corrected chi connectivity index (χ4v) is 0.959. The quantitative estimate of drug-likeness (QED) is 0.533. The number of benzene rings is 1. The Hall–Kier alpha value is -1.35. The van der Waals surface area contributed by atoms with Crippen LogP contribution in [0, 0.1) is 0 Å². The lowest BCUT2D eigenvalue weighted by molar-refractivity contribution is 0.0951. The molecule has 3 heteroatoms. The van der Waals surface area contributed by atoms with Crippen LogP contribution in [0.25, 0.3) is 0 Å².